The minimum absolute atomic E-state index is 0.199. The molecular weight excluding hydrogens is 311 g/mol. The number of benzene rings is 2. The second kappa shape index (κ2) is 7.67. The van der Waals surface area contributed by atoms with Gasteiger partial charge in [0.15, 0.2) is 6.61 Å². The van der Waals surface area contributed by atoms with Gasteiger partial charge in [-0.25, -0.2) is 0 Å². The number of amides is 1. The number of hydrogen-bond acceptors (Lipinski definition) is 3. The quantitative estimate of drug-likeness (QED) is 0.668. The van der Waals surface area contributed by atoms with Crippen molar-refractivity contribution in [2.45, 2.75) is 0 Å². The zero-order chi connectivity index (χ0) is 15.1. The Morgan fingerprint density at radius 1 is 1.14 bits per heavy atom. The molecule has 0 unspecified atom stereocenters. The Morgan fingerprint density at radius 3 is 2.57 bits per heavy atom. The summed E-state index contributed by atoms with van der Waals surface area (Å²) >= 11 is 11.7. The fraction of sp³-hybridized carbons (Fsp3) is 0.0667. The third-order valence-corrected chi connectivity index (χ3v) is 3.07. The molecule has 0 aliphatic heterocycles. The lowest BCUT2D eigenvalue weighted by molar-refractivity contribution is -0.120. The van der Waals surface area contributed by atoms with Gasteiger partial charge in [-0.2, -0.15) is 0 Å². The number of anilines is 1. The van der Waals surface area contributed by atoms with Crippen LogP contribution in [-0.2, 0) is 9.63 Å². The van der Waals surface area contributed by atoms with Crippen molar-refractivity contribution in [3.05, 3.63) is 64.1 Å². The van der Waals surface area contributed by atoms with Crippen LogP contribution in [-0.4, -0.2) is 18.7 Å². The van der Waals surface area contributed by atoms with Gasteiger partial charge in [-0.1, -0.05) is 52.6 Å². The van der Waals surface area contributed by atoms with Gasteiger partial charge in [-0.3, -0.25) is 4.79 Å². The van der Waals surface area contributed by atoms with E-state index in [0.717, 1.165) is 5.56 Å². The van der Waals surface area contributed by atoms with E-state index in [-0.39, 0.29) is 12.5 Å². The molecule has 2 rings (SSSR count). The van der Waals surface area contributed by atoms with Gasteiger partial charge in [0.05, 0.1) is 16.9 Å². The minimum atomic E-state index is -0.337. The molecule has 0 bridgehead atoms. The first-order chi connectivity index (χ1) is 10.1. The fourth-order valence-electron chi connectivity index (χ4n) is 1.49. The van der Waals surface area contributed by atoms with Gasteiger partial charge in [0.2, 0.25) is 0 Å². The molecule has 0 heterocycles. The van der Waals surface area contributed by atoms with E-state index in [4.69, 9.17) is 28.0 Å². The third kappa shape index (κ3) is 5.10. The highest BCUT2D eigenvalue weighted by atomic mass is 35.5. The number of carbonyl (C=O) groups is 1. The van der Waals surface area contributed by atoms with Gasteiger partial charge in [-0.15, -0.1) is 0 Å². The Bertz CT molecular complexity index is 642. The molecule has 2 aromatic rings. The lowest BCUT2D eigenvalue weighted by Crippen LogP contribution is -2.17. The summed E-state index contributed by atoms with van der Waals surface area (Å²) in [7, 11) is 0. The zero-order valence-corrected chi connectivity index (χ0v) is 12.4. The molecule has 108 valence electrons. The summed E-state index contributed by atoms with van der Waals surface area (Å²) in [5, 5.41) is 7.46. The van der Waals surface area contributed by atoms with Crippen LogP contribution in [0.25, 0.3) is 0 Å². The summed E-state index contributed by atoms with van der Waals surface area (Å²) in [6.07, 6.45) is 1.50. The van der Waals surface area contributed by atoms with Crippen LogP contribution < -0.4 is 5.32 Å². The van der Waals surface area contributed by atoms with Gasteiger partial charge < -0.3 is 10.2 Å². The van der Waals surface area contributed by atoms with E-state index in [1.54, 1.807) is 48.5 Å². The van der Waals surface area contributed by atoms with Crippen LogP contribution >= 0.6 is 23.2 Å². The zero-order valence-electron chi connectivity index (χ0n) is 10.9. The van der Waals surface area contributed by atoms with Gasteiger partial charge in [0.25, 0.3) is 5.91 Å². The van der Waals surface area contributed by atoms with Crippen molar-refractivity contribution in [1.82, 2.24) is 0 Å². The summed E-state index contributed by atoms with van der Waals surface area (Å²) in [6, 6.07) is 14.0. The number of halogens is 2. The Morgan fingerprint density at radius 2 is 1.86 bits per heavy atom. The molecule has 0 saturated heterocycles. The normalized spacial score (nSPS) is 10.6. The average Bonchev–Trinajstić information content (AvgIpc) is 2.48. The van der Waals surface area contributed by atoms with E-state index in [0.29, 0.717) is 15.7 Å². The highest BCUT2D eigenvalue weighted by Gasteiger charge is 2.05. The predicted molar refractivity (Wildman–Crippen MR) is 85.1 cm³/mol. The van der Waals surface area contributed by atoms with Crippen LogP contribution in [0.1, 0.15) is 5.56 Å². The maximum absolute atomic E-state index is 11.6. The van der Waals surface area contributed by atoms with Gasteiger partial charge >= 0.3 is 0 Å². The molecule has 4 nitrogen and oxygen atoms in total. The van der Waals surface area contributed by atoms with E-state index in [1.165, 1.54) is 6.21 Å². The Balaban J connectivity index is 1.79. The second-order valence-electron chi connectivity index (χ2n) is 4.09. The van der Waals surface area contributed by atoms with Crippen molar-refractivity contribution in [1.29, 1.82) is 0 Å². The topological polar surface area (TPSA) is 50.7 Å². The SMILES string of the molecule is O=C(CO/N=C/c1ccc(Cl)cc1)Nc1ccccc1Cl. The molecule has 0 fully saturated rings. The van der Waals surface area contributed by atoms with Crippen molar-refractivity contribution < 1.29 is 9.63 Å². The van der Waals surface area contributed by atoms with Crippen molar-refractivity contribution in [3.63, 3.8) is 0 Å². The van der Waals surface area contributed by atoms with Crippen LogP contribution in [0.3, 0.4) is 0 Å². The third-order valence-electron chi connectivity index (χ3n) is 2.49. The number of nitrogens with one attached hydrogen (secondary N) is 1. The molecule has 21 heavy (non-hydrogen) atoms. The first kappa shape index (κ1) is 15.4. The number of oxime groups is 1. The van der Waals surface area contributed by atoms with E-state index in [1.807, 2.05) is 0 Å². The van der Waals surface area contributed by atoms with E-state index < -0.39 is 0 Å². The number of para-hydroxylation sites is 1. The Kier molecular flexibility index (Phi) is 5.60. The van der Waals surface area contributed by atoms with Gasteiger partial charge in [-0.05, 0) is 29.8 Å². The molecule has 0 saturated carbocycles. The minimum Gasteiger partial charge on any atom is -0.386 e. The van der Waals surface area contributed by atoms with Crippen molar-refractivity contribution >= 4 is 41.0 Å². The molecule has 0 radical (unpaired) electrons. The largest absolute Gasteiger partial charge is 0.386 e. The molecule has 0 aliphatic rings. The standard InChI is InChI=1S/C15H12Cl2N2O2/c16-12-7-5-11(6-8-12)9-18-21-10-15(20)19-14-4-2-1-3-13(14)17/h1-9H,10H2,(H,19,20)/b18-9+. The van der Waals surface area contributed by atoms with Crippen LogP contribution in [0.5, 0.6) is 0 Å². The lowest BCUT2D eigenvalue weighted by atomic mass is 10.2. The molecule has 2 aromatic carbocycles. The van der Waals surface area contributed by atoms with Crippen molar-refractivity contribution in [2.75, 3.05) is 11.9 Å². The average molecular weight is 323 g/mol. The van der Waals surface area contributed by atoms with Crippen LogP contribution in [0.4, 0.5) is 5.69 Å². The molecular formula is C15H12Cl2N2O2. The maximum atomic E-state index is 11.6. The molecule has 0 aliphatic carbocycles. The number of nitrogens with zero attached hydrogens (tertiary/aromatic N) is 1. The molecule has 0 atom stereocenters. The first-order valence-corrected chi connectivity index (χ1v) is 6.86. The summed E-state index contributed by atoms with van der Waals surface area (Å²) in [5.41, 5.74) is 1.36. The van der Waals surface area contributed by atoms with Crippen LogP contribution in [0.15, 0.2) is 53.7 Å². The summed E-state index contributed by atoms with van der Waals surface area (Å²) in [4.78, 5) is 16.6. The summed E-state index contributed by atoms with van der Waals surface area (Å²) in [5.74, 6) is -0.337. The Labute approximate surface area is 132 Å². The van der Waals surface area contributed by atoms with E-state index in [2.05, 4.69) is 10.5 Å². The van der Waals surface area contributed by atoms with Crippen molar-refractivity contribution in [3.8, 4) is 0 Å². The first-order valence-electron chi connectivity index (χ1n) is 6.10. The van der Waals surface area contributed by atoms with Crippen LogP contribution in [0, 0.1) is 0 Å². The summed E-state index contributed by atoms with van der Waals surface area (Å²) in [6.45, 7) is -0.199. The van der Waals surface area contributed by atoms with Crippen LogP contribution in [0.2, 0.25) is 10.0 Å². The molecule has 6 heteroatoms. The monoisotopic (exact) mass is 322 g/mol. The molecule has 0 aromatic heterocycles. The predicted octanol–water partition coefficient (Wildman–Crippen LogP) is 3.98. The smallest absolute Gasteiger partial charge is 0.265 e. The van der Waals surface area contributed by atoms with E-state index in [9.17, 15) is 4.79 Å². The van der Waals surface area contributed by atoms with Gasteiger partial charge in [0, 0.05) is 5.02 Å². The Hall–Kier alpha value is -2.04. The van der Waals surface area contributed by atoms with Crippen molar-refractivity contribution in [2.24, 2.45) is 5.16 Å². The number of hydrogen-bond donors (Lipinski definition) is 1. The maximum Gasteiger partial charge on any atom is 0.265 e. The summed E-state index contributed by atoms with van der Waals surface area (Å²) < 4.78 is 0. The second-order valence-corrected chi connectivity index (χ2v) is 4.93. The molecule has 1 amide bonds. The number of rotatable bonds is 5. The lowest BCUT2D eigenvalue weighted by Gasteiger charge is -2.05. The molecule has 0 spiro atoms. The highest BCUT2D eigenvalue weighted by molar-refractivity contribution is 6.33. The van der Waals surface area contributed by atoms with Gasteiger partial charge in [0.1, 0.15) is 0 Å². The highest BCUT2D eigenvalue weighted by Crippen LogP contribution is 2.20. The number of carbonyl (C=O) groups excluding carboxylic acids is 1. The molecule has 1 N–H and O–H groups in total. The fourth-order valence-corrected chi connectivity index (χ4v) is 1.80. The van der Waals surface area contributed by atoms with E-state index >= 15 is 0 Å².